The zero-order valence-electron chi connectivity index (χ0n) is 17.3. The molecule has 2 rings (SSSR count). The van der Waals surface area contributed by atoms with Crippen molar-refractivity contribution >= 4 is 6.03 Å². The average Bonchev–Trinajstić information content (AvgIpc) is 2.37. The lowest BCUT2D eigenvalue weighted by Gasteiger charge is -2.48. The number of nitrogens with two attached hydrogens (primary N) is 1. The first kappa shape index (κ1) is 20.5. The van der Waals surface area contributed by atoms with Crippen LogP contribution in [0.15, 0.2) is 0 Å². The molecule has 0 aromatic heterocycles. The number of rotatable bonds is 9. The molecule has 3 N–H and O–H groups in total. The lowest BCUT2D eigenvalue weighted by Crippen LogP contribution is -2.50. The third-order valence-corrected chi connectivity index (χ3v) is 6.81. The van der Waals surface area contributed by atoms with Crippen LogP contribution in [-0.2, 0) is 0 Å². The molecule has 1 atom stereocenters. The Balaban J connectivity index is 1.70. The summed E-state index contributed by atoms with van der Waals surface area (Å²) in [5.74, 6) is 3.40. The minimum absolute atomic E-state index is 0.311. The summed E-state index contributed by atoms with van der Waals surface area (Å²) in [6.07, 6.45) is 7.53. The average molecular weight is 352 g/mol. The van der Waals surface area contributed by atoms with Crippen LogP contribution in [0.3, 0.4) is 0 Å². The Kier molecular flexibility index (Phi) is 6.80. The highest BCUT2D eigenvalue weighted by Crippen LogP contribution is 2.43. The van der Waals surface area contributed by atoms with Gasteiger partial charge in [0.1, 0.15) is 0 Å². The number of primary amides is 1. The van der Waals surface area contributed by atoms with Gasteiger partial charge in [-0.15, -0.1) is 0 Å². The van der Waals surface area contributed by atoms with Gasteiger partial charge in [0.2, 0.25) is 0 Å². The van der Waals surface area contributed by atoms with E-state index in [2.05, 4.69) is 51.9 Å². The molecular weight excluding hydrogens is 310 g/mol. The third kappa shape index (κ3) is 5.60. The van der Waals surface area contributed by atoms with Gasteiger partial charge in [0.15, 0.2) is 0 Å². The van der Waals surface area contributed by atoms with Crippen LogP contribution in [0.5, 0.6) is 0 Å². The van der Waals surface area contributed by atoms with Gasteiger partial charge in [-0.25, -0.2) is 4.79 Å². The molecule has 0 aliphatic heterocycles. The quantitative estimate of drug-likeness (QED) is 0.652. The number of nitrogens with one attached hydrogen (secondary N) is 1. The van der Waals surface area contributed by atoms with Gasteiger partial charge >= 0.3 is 6.03 Å². The SMILES string of the molecule is CCC(C(C)C)C1CC(N(C)CC(C)(C)CC2CC(NC(N)=O)C2)C1. The molecule has 2 aliphatic carbocycles. The van der Waals surface area contributed by atoms with E-state index in [4.69, 9.17) is 5.73 Å². The van der Waals surface area contributed by atoms with Crippen LogP contribution >= 0.6 is 0 Å². The van der Waals surface area contributed by atoms with Crippen LogP contribution in [0.25, 0.3) is 0 Å². The fourth-order valence-corrected chi connectivity index (χ4v) is 5.56. The Morgan fingerprint density at radius 3 is 2.32 bits per heavy atom. The zero-order chi connectivity index (χ0) is 18.8. The molecule has 0 spiro atoms. The first-order valence-corrected chi connectivity index (χ1v) is 10.4. The van der Waals surface area contributed by atoms with Gasteiger partial charge in [0.25, 0.3) is 0 Å². The lowest BCUT2D eigenvalue weighted by molar-refractivity contribution is 0.0197. The first-order valence-electron chi connectivity index (χ1n) is 10.4. The van der Waals surface area contributed by atoms with Crippen LogP contribution in [0, 0.1) is 29.1 Å². The molecular formula is C21H41N3O. The summed E-state index contributed by atoms with van der Waals surface area (Å²) in [6.45, 7) is 13.1. The second-order valence-electron chi connectivity index (χ2n) is 10.0. The predicted molar refractivity (Wildman–Crippen MR) is 105 cm³/mol. The number of hydrogen-bond acceptors (Lipinski definition) is 2. The highest BCUT2D eigenvalue weighted by molar-refractivity contribution is 5.72. The number of amides is 2. The van der Waals surface area contributed by atoms with Crippen molar-refractivity contribution in [3.8, 4) is 0 Å². The monoisotopic (exact) mass is 351 g/mol. The molecule has 4 nitrogen and oxygen atoms in total. The number of hydrogen-bond donors (Lipinski definition) is 2. The molecule has 0 radical (unpaired) electrons. The topological polar surface area (TPSA) is 58.4 Å². The summed E-state index contributed by atoms with van der Waals surface area (Å²) >= 11 is 0. The molecule has 0 aromatic rings. The summed E-state index contributed by atoms with van der Waals surface area (Å²) in [5.41, 5.74) is 5.54. The van der Waals surface area contributed by atoms with E-state index in [1.165, 1.54) is 32.2 Å². The minimum atomic E-state index is -0.381. The fraction of sp³-hybridized carbons (Fsp3) is 0.952. The third-order valence-electron chi connectivity index (χ3n) is 6.81. The van der Waals surface area contributed by atoms with Gasteiger partial charge in [-0.05, 0) is 68.2 Å². The number of nitrogens with zero attached hydrogens (tertiary/aromatic N) is 1. The highest BCUT2D eigenvalue weighted by Gasteiger charge is 2.40. The summed E-state index contributed by atoms with van der Waals surface area (Å²) in [4.78, 5) is 13.5. The number of carbonyl (C=O) groups is 1. The molecule has 0 aromatic carbocycles. The second kappa shape index (κ2) is 8.28. The molecule has 25 heavy (non-hydrogen) atoms. The van der Waals surface area contributed by atoms with Gasteiger partial charge in [0, 0.05) is 18.6 Å². The molecule has 0 bridgehead atoms. The standard InChI is InChI=1S/C21H41N3O/c1-7-19(14(2)3)16-10-18(11-16)24(6)13-21(4,5)12-15-8-17(9-15)23-20(22)25/h14-19H,7-13H2,1-6H3,(H3,22,23,25). The summed E-state index contributed by atoms with van der Waals surface area (Å²) < 4.78 is 0. The largest absolute Gasteiger partial charge is 0.352 e. The Bertz CT molecular complexity index is 436. The van der Waals surface area contributed by atoms with E-state index < -0.39 is 0 Å². The number of urea groups is 1. The maximum atomic E-state index is 10.9. The van der Waals surface area contributed by atoms with Crippen molar-refractivity contribution in [2.75, 3.05) is 13.6 Å². The van der Waals surface area contributed by atoms with Crippen LogP contribution in [0.2, 0.25) is 0 Å². The molecule has 2 saturated carbocycles. The van der Waals surface area contributed by atoms with Crippen molar-refractivity contribution in [2.45, 2.75) is 85.2 Å². The maximum absolute atomic E-state index is 10.9. The lowest BCUT2D eigenvalue weighted by atomic mass is 9.66. The molecule has 2 aliphatic rings. The van der Waals surface area contributed by atoms with Gasteiger partial charge < -0.3 is 16.0 Å². The van der Waals surface area contributed by atoms with Crippen molar-refractivity contribution in [2.24, 2.45) is 34.8 Å². The molecule has 2 amide bonds. The second-order valence-corrected chi connectivity index (χ2v) is 10.0. The summed E-state index contributed by atoms with van der Waals surface area (Å²) in [7, 11) is 2.32. The van der Waals surface area contributed by atoms with Crippen LogP contribution in [0.1, 0.15) is 73.1 Å². The predicted octanol–water partition coefficient (Wildman–Crippen LogP) is 4.24. The van der Waals surface area contributed by atoms with E-state index in [1.807, 2.05) is 0 Å². The van der Waals surface area contributed by atoms with Crippen LogP contribution in [0.4, 0.5) is 4.79 Å². The molecule has 4 heteroatoms. The molecule has 1 unspecified atom stereocenters. The normalized spacial score (nSPS) is 30.7. The van der Waals surface area contributed by atoms with Crippen LogP contribution < -0.4 is 11.1 Å². The van der Waals surface area contributed by atoms with E-state index in [0.717, 1.165) is 42.6 Å². The summed E-state index contributed by atoms with van der Waals surface area (Å²) in [5, 5.41) is 2.83. The van der Waals surface area contributed by atoms with Crippen molar-refractivity contribution in [3.63, 3.8) is 0 Å². The van der Waals surface area contributed by atoms with Crippen LogP contribution in [-0.4, -0.2) is 36.6 Å². The fourth-order valence-electron chi connectivity index (χ4n) is 5.56. The molecule has 0 saturated heterocycles. The van der Waals surface area contributed by atoms with Crippen molar-refractivity contribution < 1.29 is 4.79 Å². The number of carbonyl (C=O) groups excluding carboxylic acids is 1. The van der Waals surface area contributed by atoms with Crippen molar-refractivity contribution in [3.05, 3.63) is 0 Å². The molecule has 0 heterocycles. The van der Waals surface area contributed by atoms with E-state index in [1.54, 1.807) is 0 Å². The van der Waals surface area contributed by atoms with Crippen molar-refractivity contribution in [1.82, 2.24) is 10.2 Å². The Labute approximate surface area is 155 Å². The Hall–Kier alpha value is -0.770. The van der Waals surface area contributed by atoms with E-state index in [0.29, 0.717) is 11.5 Å². The Morgan fingerprint density at radius 1 is 1.24 bits per heavy atom. The smallest absolute Gasteiger partial charge is 0.312 e. The van der Waals surface area contributed by atoms with E-state index >= 15 is 0 Å². The Morgan fingerprint density at radius 2 is 1.84 bits per heavy atom. The van der Waals surface area contributed by atoms with Gasteiger partial charge in [0.05, 0.1) is 0 Å². The molecule has 2 fully saturated rings. The van der Waals surface area contributed by atoms with Crippen molar-refractivity contribution in [1.29, 1.82) is 0 Å². The highest BCUT2D eigenvalue weighted by atomic mass is 16.2. The van der Waals surface area contributed by atoms with E-state index in [9.17, 15) is 4.79 Å². The molecule has 146 valence electrons. The van der Waals surface area contributed by atoms with E-state index in [-0.39, 0.29) is 6.03 Å². The van der Waals surface area contributed by atoms with Gasteiger partial charge in [-0.3, -0.25) is 0 Å². The zero-order valence-corrected chi connectivity index (χ0v) is 17.3. The first-order chi connectivity index (χ1) is 11.6. The van der Waals surface area contributed by atoms with Gasteiger partial charge in [-0.2, -0.15) is 0 Å². The summed E-state index contributed by atoms with van der Waals surface area (Å²) in [6, 6.07) is 0.710. The maximum Gasteiger partial charge on any atom is 0.312 e. The minimum Gasteiger partial charge on any atom is -0.352 e. The van der Waals surface area contributed by atoms with Gasteiger partial charge in [-0.1, -0.05) is 41.0 Å².